The van der Waals surface area contributed by atoms with E-state index in [9.17, 15) is 23.3 Å². The number of hydrogen-bond donors (Lipinski definition) is 1. The van der Waals surface area contributed by atoms with Gasteiger partial charge in [-0.1, -0.05) is 30.3 Å². The van der Waals surface area contributed by atoms with Crippen LogP contribution in [0.1, 0.15) is 24.8 Å². The van der Waals surface area contributed by atoms with Crippen LogP contribution < -0.4 is 10.1 Å². The Hall–Kier alpha value is -2.98. The number of methoxy groups -OCH3 is 1. The second-order valence-corrected chi connectivity index (χ2v) is 9.80. The van der Waals surface area contributed by atoms with Crippen molar-refractivity contribution in [2.75, 3.05) is 31.3 Å². The molecule has 10 heteroatoms. The third kappa shape index (κ3) is 6.04. The Morgan fingerprint density at radius 3 is 2.50 bits per heavy atom. The summed E-state index contributed by atoms with van der Waals surface area (Å²) in [5.74, 6) is -0.286. The number of anilines is 1. The maximum Gasteiger partial charge on any atom is 0.271 e. The highest BCUT2D eigenvalue weighted by atomic mass is 32.2. The molecule has 1 N–H and O–H groups in total. The minimum absolute atomic E-state index is 0.0731. The molecule has 0 aliphatic carbocycles. The lowest BCUT2D eigenvalue weighted by Crippen LogP contribution is -2.42. The molecule has 1 aliphatic heterocycles. The number of non-ortho nitro benzene ring substituents is 1. The molecule has 0 atom stereocenters. The fourth-order valence-corrected chi connectivity index (χ4v) is 5.31. The lowest BCUT2D eigenvalue weighted by molar-refractivity contribution is -0.384. The van der Waals surface area contributed by atoms with Gasteiger partial charge in [0.1, 0.15) is 5.75 Å². The van der Waals surface area contributed by atoms with Crippen molar-refractivity contribution in [3.05, 3.63) is 64.2 Å². The van der Waals surface area contributed by atoms with Gasteiger partial charge in [-0.15, -0.1) is 0 Å². The van der Waals surface area contributed by atoms with E-state index >= 15 is 0 Å². The normalized spacial score (nSPS) is 15.3. The number of carbonyl (C=O) groups excluding carboxylic acids is 1. The van der Waals surface area contributed by atoms with Gasteiger partial charge < -0.3 is 10.1 Å². The van der Waals surface area contributed by atoms with Crippen molar-refractivity contribution in [1.29, 1.82) is 0 Å². The smallest absolute Gasteiger partial charge is 0.271 e. The molecular weight excluding hydrogens is 434 g/mol. The summed E-state index contributed by atoms with van der Waals surface area (Å²) in [6.07, 6.45) is 2.02. The maximum absolute atomic E-state index is 12.7. The zero-order chi connectivity index (χ0) is 23.1. The van der Waals surface area contributed by atoms with Gasteiger partial charge in [0.15, 0.2) is 0 Å². The number of nitro groups is 1. The molecule has 1 amide bonds. The van der Waals surface area contributed by atoms with E-state index in [2.05, 4.69) is 5.32 Å². The number of carbonyl (C=O) groups is 1. The summed E-state index contributed by atoms with van der Waals surface area (Å²) in [5.41, 5.74) is 1.18. The Labute approximate surface area is 187 Å². The van der Waals surface area contributed by atoms with Crippen molar-refractivity contribution < 1.29 is 22.9 Å². The molecule has 1 aliphatic rings. The number of ether oxygens (including phenoxy) is 1. The lowest BCUT2D eigenvalue weighted by Gasteiger charge is -2.30. The van der Waals surface area contributed by atoms with Crippen molar-refractivity contribution in [2.45, 2.75) is 25.7 Å². The Kier molecular flexibility index (Phi) is 7.81. The summed E-state index contributed by atoms with van der Waals surface area (Å²) >= 11 is 0. The zero-order valence-corrected chi connectivity index (χ0v) is 18.7. The number of hydrogen-bond acceptors (Lipinski definition) is 6. The van der Waals surface area contributed by atoms with E-state index < -0.39 is 14.9 Å². The summed E-state index contributed by atoms with van der Waals surface area (Å²) in [4.78, 5) is 23.2. The number of aryl methyl sites for hydroxylation is 1. The van der Waals surface area contributed by atoms with Crippen molar-refractivity contribution >= 4 is 27.3 Å². The lowest BCUT2D eigenvalue weighted by atomic mass is 9.97. The van der Waals surface area contributed by atoms with Crippen LogP contribution in [0.3, 0.4) is 0 Å². The van der Waals surface area contributed by atoms with Gasteiger partial charge in [0.25, 0.3) is 5.69 Å². The van der Waals surface area contributed by atoms with E-state index in [1.165, 1.54) is 29.6 Å². The number of sulfonamides is 1. The summed E-state index contributed by atoms with van der Waals surface area (Å²) < 4.78 is 32.0. The van der Waals surface area contributed by atoms with Crippen LogP contribution in [-0.2, 0) is 21.2 Å². The molecule has 3 rings (SSSR count). The minimum Gasteiger partial charge on any atom is -0.495 e. The van der Waals surface area contributed by atoms with Gasteiger partial charge in [-0.05, 0) is 37.3 Å². The quantitative estimate of drug-likeness (QED) is 0.452. The Morgan fingerprint density at radius 1 is 1.19 bits per heavy atom. The molecule has 1 saturated heterocycles. The predicted octanol–water partition coefficient (Wildman–Crippen LogP) is 3.22. The van der Waals surface area contributed by atoms with Crippen LogP contribution in [0.5, 0.6) is 5.75 Å². The molecule has 0 bridgehead atoms. The maximum atomic E-state index is 12.7. The summed E-state index contributed by atoms with van der Waals surface area (Å²) in [5, 5.41) is 13.7. The highest BCUT2D eigenvalue weighted by molar-refractivity contribution is 7.89. The van der Waals surface area contributed by atoms with Crippen molar-refractivity contribution in [1.82, 2.24) is 4.31 Å². The average Bonchev–Trinajstić information content (AvgIpc) is 2.79. The molecular formula is C22H27N3O6S. The topological polar surface area (TPSA) is 119 Å². The third-order valence-electron chi connectivity index (χ3n) is 5.58. The molecule has 32 heavy (non-hydrogen) atoms. The van der Waals surface area contributed by atoms with Crippen LogP contribution in [0.15, 0.2) is 48.5 Å². The van der Waals surface area contributed by atoms with E-state index in [-0.39, 0.29) is 42.0 Å². The van der Waals surface area contributed by atoms with Crippen LogP contribution in [0.2, 0.25) is 0 Å². The first-order chi connectivity index (χ1) is 15.3. The number of nitrogens with one attached hydrogen (secondary N) is 1. The Balaban J connectivity index is 1.53. The number of amides is 1. The second kappa shape index (κ2) is 10.6. The number of rotatable bonds is 9. The highest BCUT2D eigenvalue weighted by Crippen LogP contribution is 2.30. The Morgan fingerprint density at radius 2 is 1.88 bits per heavy atom. The molecule has 0 unspecified atom stereocenters. The summed E-state index contributed by atoms with van der Waals surface area (Å²) in [6.45, 7) is 0.551. The molecule has 9 nitrogen and oxygen atoms in total. The summed E-state index contributed by atoms with van der Waals surface area (Å²) in [6, 6.07) is 13.7. The van der Waals surface area contributed by atoms with Gasteiger partial charge in [-0.2, -0.15) is 0 Å². The number of nitro benzene ring substituents is 1. The van der Waals surface area contributed by atoms with Gasteiger partial charge in [0.05, 0.1) is 23.5 Å². The van der Waals surface area contributed by atoms with Gasteiger partial charge in [-0.3, -0.25) is 14.9 Å². The predicted molar refractivity (Wildman–Crippen MR) is 121 cm³/mol. The SMILES string of the molecule is COc1ccc([N+](=O)[O-])cc1NC(=O)C1CCN(S(=O)(=O)CCCc2ccccc2)CC1. The molecule has 0 radical (unpaired) electrons. The van der Waals surface area contributed by atoms with Crippen molar-refractivity contribution in [2.24, 2.45) is 5.92 Å². The average molecular weight is 462 g/mol. The fraction of sp³-hybridized carbons (Fsp3) is 0.409. The van der Waals surface area contributed by atoms with Gasteiger partial charge in [-0.25, -0.2) is 12.7 Å². The molecule has 2 aromatic carbocycles. The molecule has 2 aromatic rings. The van der Waals surface area contributed by atoms with Crippen LogP contribution in [-0.4, -0.2) is 49.5 Å². The van der Waals surface area contributed by atoms with E-state index in [0.717, 1.165) is 5.56 Å². The van der Waals surface area contributed by atoms with Crippen LogP contribution >= 0.6 is 0 Å². The second-order valence-electron chi connectivity index (χ2n) is 7.71. The largest absolute Gasteiger partial charge is 0.495 e. The third-order valence-corrected chi connectivity index (χ3v) is 7.54. The zero-order valence-electron chi connectivity index (χ0n) is 17.9. The first kappa shape index (κ1) is 23.7. The number of benzene rings is 2. The van der Waals surface area contributed by atoms with E-state index in [4.69, 9.17) is 4.74 Å². The van der Waals surface area contributed by atoms with Crippen LogP contribution in [0.25, 0.3) is 0 Å². The van der Waals surface area contributed by atoms with E-state index in [1.54, 1.807) is 0 Å². The van der Waals surface area contributed by atoms with Crippen LogP contribution in [0.4, 0.5) is 11.4 Å². The van der Waals surface area contributed by atoms with E-state index in [0.29, 0.717) is 31.4 Å². The molecule has 172 valence electrons. The fourth-order valence-electron chi connectivity index (χ4n) is 3.77. The molecule has 0 aromatic heterocycles. The first-order valence-electron chi connectivity index (χ1n) is 10.4. The monoisotopic (exact) mass is 461 g/mol. The molecule has 0 spiro atoms. The summed E-state index contributed by atoms with van der Waals surface area (Å²) in [7, 11) is -1.97. The number of nitrogens with zero attached hydrogens (tertiary/aromatic N) is 2. The molecule has 0 saturated carbocycles. The Bertz CT molecular complexity index is 1050. The number of piperidine rings is 1. The van der Waals surface area contributed by atoms with Gasteiger partial charge >= 0.3 is 0 Å². The van der Waals surface area contributed by atoms with Crippen molar-refractivity contribution in [3.63, 3.8) is 0 Å². The molecule has 1 heterocycles. The standard InChI is InChI=1S/C22H27N3O6S/c1-31-21-10-9-19(25(27)28)16-20(21)23-22(26)18-11-13-24(14-12-18)32(29,30)15-5-8-17-6-3-2-4-7-17/h2-4,6-7,9-10,16,18H,5,8,11-15H2,1H3,(H,23,26). The van der Waals surface area contributed by atoms with Crippen LogP contribution in [0, 0.1) is 16.0 Å². The first-order valence-corrected chi connectivity index (χ1v) is 12.1. The van der Waals surface area contributed by atoms with Gasteiger partial charge in [0.2, 0.25) is 15.9 Å². The van der Waals surface area contributed by atoms with E-state index in [1.807, 2.05) is 30.3 Å². The highest BCUT2D eigenvalue weighted by Gasteiger charge is 2.31. The van der Waals surface area contributed by atoms with Gasteiger partial charge in [0, 0.05) is 31.1 Å². The molecule has 1 fully saturated rings. The minimum atomic E-state index is -3.38. The van der Waals surface area contributed by atoms with Crippen molar-refractivity contribution in [3.8, 4) is 5.75 Å².